The number of hydrogen-bond donors (Lipinski definition) is 0. The molecule has 7 heteroatoms. The van der Waals surface area contributed by atoms with E-state index in [4.69, 9.17) is 9.72 Å². The minimum atomic E-state index is -0.148. The lowest BCUT2D eigenvalue weighted by Crippen LogP contribution is -2.38. The van der Waals surface area contributed by atoms with E-state index >= 15 is 0 Å². The van der Waals surface area contributed by atoms with Gasteiger partial charge < -0.3 is 9.64 Å². The van der Waals surface area contributed by atoms with Crippen LogP contribution in [0.1, 0.15) is 11.1 Å². The summed E-state index contributed by atoms with van der Waals surface area (Å²) in [5.74, 6) is 0.489. The van der Waals surface area contributed by atoms with Crippen molar-refractivity contribution in [2.45, 2.75) is 6.54 Å². The number of thiazole rings is 1. The summed E-state index contributed by atoms with van der Waals surface area (Å²) >= 11 is 1.52. The monoisotopic (exact) mass is 424 g/mol. The van der Waals surface area contributed by atoms with Crippen LogP contribution < -0.4 is 9.64 Å². The third kappa shape index (κ3) is 3.65. The molecule has 0 saturated heterocycles. The summed E-state index contributed by atoms with van der Waals surface area (Å²) in [5, 5.41) is 12.2. The van der Waals surface area contributed by atoms with Gasteiger partial charge in [-0.05, 0) is 42.0 Å². The zero-order valence-electron chi connectivity index (χ0n) is 16.4. The number of aromatic nitrogens is 2. The second kappa shape index (κ2) is 8.01. The van der Waals surface area contributed by atoms with Crippen molar-refractivity contribution in [3.05, 3.63) is 83.4 Å². The number of benzene rings is 2. The number of carbonyl (C=O) groups excluding carboxylic acids is 1. The predicted octanol–water partition coefficient (Wildman–Crippen LogP) is 4.67. The van der Waals surface area contributed by atoms with E-state index in [0.717, 1.165) is 27.5 Å². The molecule has 0 radical (unpaired) electrons. The van der Waals surface area contributed by atoms with Crippen LogP contribution in [0.2, 0.25) is 0 Å². The van der Waals surface area contributed by atoms with Crippen LogP contribution >= 0.6 is 11.3 Å². The number of ether oxygens (including phenoxy) is 1. The van der Waals surface area contributed by atoms with Crippen molar-refractivity contribution in [3.63, 3.8) is 0 Å². The van der Waals surface area contributed by atoms with Gasteiger partial charge in [0.05, 0.1) is 35.3 Å². The maximum Gasteiger partial charge on any atom is 0.265 e. The van der Waals surface area contributed by atoms with E-state index in [1.165, 1.54) is 11.3 Å². The first-order valence-corrected chi connectivity index (χ1v) is 10.5. The van der Waals surface area contributed by atoms with E-state index < -0.39 is 0 Å². The van der Waals surface area contributed by atoms with Crippen molar-refractivity contribution >= 4 is 22.9 Å². The van der Waals surface area contributed by atoms with Gasteiger partial charge in [0.15, 0.2) is 6.61 Å². The summed E-state index contributed by atoms with van der Waals surface area (Å²) < 4.78 is 5.64. The molecule has 5 rings (SSSR count). The molecule has 4 aromatic rings. The summed E-state index contributed by atoms with van der Waals surface area (Å²) in [6, 6.07) is 20.9. The molecular formula is C24H16N4O2S. The van der Waals surface area contributed by atoms with Gasteiger partial charge in [-0.3, -0.25) is 9.78 Å². The third-order valence-corrected chi connectivity index (χ3v) is 5.92. The second-order valence-electron chi connectivity index (χ2n) is 6.97. The van der Waals surface area contributed by atoms with Gasteiger partial charge in [0.1, 0.15) is 10.8 Å². The summed E-state index contributed by atoms with van der Waals surface area (Å²) in [6.07, 6.45) is 1.75. The molecule has 31 heavy (non-hydrogen) atoms. The highest BCUT2D eigenvalue weighted by molar-refractivity contribution is 7.13. The molecule has 1 aliphatic heterocycles. The number of hydrogen-bond acceptors (Lipinski definition) is 6. The molecule has 1 aliphatic rings. The highest BCUT2D eigenvalue weighted by Crippen LogP contribution is 2.38. The van der Waals surface area contributed by atoms with Crippen molar-refractivity contribution in [2.75, 3.05) is 11.5 Å². The molecule has 0 spiro atoms. The topological polar surface area (TPSA) is 79.1 Å². The zero-order valence-corrected chi connectivity index (χ0v) is 17.2. The van der Waals surface area contributed by atoms with Crippen LogP contribution in [0, 0.1) is 11.3 Å². The fourth-order valence-corrected chi connectivity index (χ4v) is 4.29. The van der Waals surface area contributed by atoms with Crippen LogP contribution in [0.15, 0.2) is 72.2 Å². The summed E-state index contributed by atoms with van der Waals surface area (Å²) in [7, 11) is 0. The van der Waals surface area contributed by atoms with Gasteiger partial charge in [-0.25, -0.2) is 4.98 Å². The molecule has 1 amide bonds. The van der Waals surface area contributed by atoms with Crippen LogP contribution in [0.25, 0.3) is 22.0 Å². The maximum absolute atomic E-state index is 12.7. The number of fused-ring (bicyclic) bond motifs is 1. The molecule has 150 valence electrons. The molecule has 0 saturated carbocycles. The number of nitrogens with zero attached hydrogens (tertiary/aromatic N) is 4. The fourth-order valence-electron chi connectivity index (χ4n) is 3.49. The Kier molecular flexibility index (Phi) is 4.90. The number of rotatable bonds is 4. The normalized spacial score (nSPS) is 12.7. The van der Waals surface area contributed by atoms with Crippen molar-refractivity contribution < 1.29 is 9.53 Å². The largest absolute Gasteiger partial charge is 0.482 e. The second-order valence-corrected chi connectivity index (χ2v) is 7.83. The summed E-state index contributed by atoms with van der Waals surface area (Å²) in [5.41, 5.74) is 4.54. The first kappa shape index (κ1) is 19.0. The number of nitriles is 1. The van der Waals surface area contributed by atoms with Crippen LogP contribution in [0.3, 0.4) is 0 Å². The van der Waals surface area contributed by atoms with E-state index in [0.29, 0.717) is 23.5 Å². The average Bonchev–Trinajstić information content (AvgIpc) is 3.32. The van der Waals surface area contributed by atoms with Crippen molar-refractivity contribution in [1.29, 1.82) is 5.26 Å². The molecule has 0 bridgehead atoms. The predicted molar refractivity (Wildman–Crippen MR) is 119 cm³/mol. The lowest BCUT2D eigenvalue weighted by molar-refractivity contribution is -0.121. The van der Waals surface area contributed by atoms with Gasteiger partial charge in [-0.15, -0.1) is 11.3 Å². The van der Waals surface area contributed by atoms with Gasteiger partial charge >= 0.3 is 0 Å². The Morgan fingerprint density at radius 1 is 1.10 bits per heavy atom. The van der Waals surface area contributed by atoms with Crippen LogP contribution in [0.4, 0.5) is 5.69 Å². The lowest BCUT2D eigenvalue weighted by atomic mass is 10.1. The zero-order chi connectivity index (χ0) is 21.2. The Morgan fingerprint density at radius 3 is 2.81 bits per heavy atom. The van der Waals surface area contributed by atoms with E-state index in [1.807, 2.05) is 60.0 Å². The molecular weight excluding hydrogens is 408 g/mol. The molecule has 2 aromatic heterocycles. The first-order valence-electron chi connectivity index (χ1n) is 9.65. The van der Waals surface area contributed by atoms with E-state index in [2.05, 4.69) is 11.1 Å². The Bertz CT molecular complexity index is 1310. The molecule has 0 atom stereocenters. The Morgan fingerprint density at radius 2 is 1.97 bits per heavy atom. The Hall–Kier alpha value is -4.02. The quantitative estimate of drug-likeness (QED) is 0.476. The van der Waals surface area contributed by atoms with Gasteiger partial charge in [-0.2, -0.15) is 5.26 Å². The highest BCUT2D eigenvalue weighted by Gasteiger charge is 2.27. The van der Waals surface area contributed by atoms with Crippen molar-refractivity contribution in [1.82, 2.24) is 9.97 Å². The Labute approximate surface area is 183 Å². The summed E-state index contributed by atoms with van der Waals surface area (Å²) in [4.78, 5) is 23.4. The first-order chi connectivity index (χ1) is 15.2. The number of pyridine rings is 1. The van der Waals surface area contributed by atoms with E-state index in [-0.39, 0.29) is 12.5 Å². The standard InChI is InChI=1S/C24H16N4O2S/c25-12-17-5-1-2-6-18(17)13-28-21-11-16(8-9-22(21)30-14-23(28)29)20-15-31-24(27-20)19-7-3-4-10-26-19/h1-11,15H,13-14H2. The minimum Gasteiger partial charge on any atom is -0.482 e. The van der Waals surface area contributed by atoms with Gasteiger partial charge in [0, 0.05) is 17.1 Å². The van der Waals surface area contributed by atoms with Crippen molar-refractivity contribution in [2.24, 2.45) is 0 Å². The van der Waals surface area contributed by atoms with Crippen molar-refractivity contribution in [3.8, 4) is 33.8 Å². The number of anilines is 1. The fraction of sp³-hybridized carbons (Fsp3) is 0.0833. The van der Waals surface area contributed by atoms with Gasteiger partial charge in [-0.1, -0.05) is 24.3 Å². The molecule has 3 heterocycles. The SMILES string of the molecule is N#Cc1ccccc1CN1C(=O)COc2ccc(-c3csc(-c4ccccn4)n3)cc21. The van der Waals surface area contributed by atoms with Crippen LogP contribution in [-0.4, -0.2) is 22.5 Å². The molecule has 0 unspecified atom stereocenters. The number of amides is 1. The van der Waals surface area contributed by atoms with Gasteiger partial charge in [0.25, 0.3) is 5.91 Å². The minimum absolute atomic E-state index is 0.0262. The average molecular weight is 424 g/mol. The highest BCUT2D eigenvalue weighted by atomic mass is 32.1. The molecule has 2 aromatic carbocycles. The smallest absolute Gasteiger partial charge is 0.265 e. The molecule has 0 N–H and O–H groups in total. The third-order valence-electron chi connectivity index (χ3n) is 5.05. The van der Waals surface area contributed by atoms with Crippen LogP contribution in [-0.2, 0) is 11.3 Å². The summed E-state index contributed by atoms with van der Waals surface area (Å²) in [6.45, 7) is 0.278. The molecule has 6 nitrogen and oxygen atoms in total. The van der Waals surface area contributed by atoms with Gasteiger partial charge in [0.2, 0.25) is 0 Å². The lowest BCUT2D eigenvalue weighted by Gasteiger charge is -2.30. The molecule has 0 aliphatic carbocycles. The van der Waals surface area contributed by atoms with Crippen LogP contribution in [0.5, 0.6) is 5.75 Å². The maximum atomic E-state index is 12.7. The van der Waals surface area contributed by atoms with E-state index in [1.54, 1.807) is 17.2 Å². The van der Waals surface area contributed by atoms with E-state index in [9.17, 15) is 10.1 Å². The number of carbonyl (C=O) groups is 1. The molecule has 0 fully saturated rings. The Balaban J connectivity index is 1.51.